The van der Waals surface area contributed by atoms with Gasteiger partial charge in [-0.3, -0.25) is 0 Å². The predicted molar refractivity (Wildman–Crippen MR) is 110 cm³/mol. The first-order valence-electron chi connectivity index (χ1n) is 9.59. The molecule has 0 heterocycles. The molecule has 4 heteroatoms. The summed E-state index contributed by atoms with van der Waals surface area (Å²) in [6.07, 6.45) is 10.5. The van der Waals surface area contributed by atoms with E-state index >= 15 is 0 Å². The quantitative estimate of drug-likeness (QED) is 0.346. The summed E-state index contributed by atoms with van der Waals surface area (Å²) >= 11 is 0. The van der Waals surface area contributed by atoms with Gasteiger partial charge in [-0.2, -0.15) is 0 Å². The zero-order valence-corrected chi connectivity index (χ0v) is 18.5. The molecule has 0 aromatic rings. The Morgan fingerprint density at radius 1 is 1.25 bits per heavy atom. The van der Waals surface area contributed by atoms with Crippen LogP contribution in [0.5, 0.6) is 0 Å². The van der Waals surface area contributed by atoms with Crippen molar-refractivity contribution in [1.82, 2.24) is 0 Å². The topological polar surface area (TPSA) is 29.5 Å². The fraction of sp³-hybridized carbons (Fsp3) is 0.900. The SMILES string of the molecule is C/C(=C/COPP)CC[C@H]1C(C)(O)CCC2C(C)(C)CCC[C@@]21C. The van der Waals surface area contributed by atoms with E-state index in [0.29, 0.717) is 26.4 Å². The number of fused-ring (bicyclic) bond motifs is 1. The van der Waals surface area contributed by atoms with Crippen LogP contribution in [0.15, 0.2) is 11.6 Å². The standard InChI is InChI=1S/C20H38O2P2/c1-15(10-14-22-24-23)7-8-17-19(4)12-6-11-18(2,3)16(19)9-13-20(17,5)21/h10,16-17,21,24H,6-9,11-14,23H2,1-5H3/b15-10-/t16?,17-,19+,20?/m1/s1. The van der Waals surface area contributed by atoms with Gasteiger partial charge in [0.2, 0.25) is 0 Å². The van der Waals surface area contributed by atoms with Crippen molar-refractivity contribution in [1.29, 1.82) is 0 Å². The number of aliphatic hydroxyl groups is 1. The summed E-state index contributed by atoms with van der Waals surface area (Å²) in [5.74, 6) is 1.14. The lowest BCUT2D eigenvalue weighted by Crippen LogP contribution is -2.57. The lowest BCUT2D eigenvalue weighted by Gasteiger charge is -2.61. The highest BCUT2D eigenvalue weighted by Crippen LogP contribution is 2.62. The molecule has 2 rings (SSSR count). The van der Waals surface area contributed by atoms with Gasteiger partial charge in [-0.15, -0.1) is 0 Å². The Balaban J connectivity index is 2.13. The molecule has 2 aliphatic rings. The third-order valence-corrected chi connectivity index (χ3v) is 8.02. The highest BCUT2D eigenvalue weighted by molar-refractivity contribution is 8.00. The van der Waals surface area contributed by atoms with Crippen molar-refractivity contribution in [3.63, 3.8) is 0 Å². The molecule has 0 bridgehead atoms. The first-order valence-corrected chi connectivity index (χ1v) is 12.3. The van der Waals surface area contributed by atoms with Crippen molar-refractivity contribution in [3.8, 4) is 0 Å². The Hall–Kier alpha value is 0.520. The maximum absolute atomic E-state index is 11.2. The zero-order valence-electron chi connectivity index (χ0n) is 16.3. The molecule has 140 valence electrons. The Morgan fingerprint density at radius 3 is 2.62 bits per heavy atom. The smallest absolute Gasteiger partial charge is 0.0693 e. The Morgan fingerprint density at radius 2 is 1.96 bits per heavy atom. The van der Waals surface area contributed by atoms with Crippen LogP contribution in [0.3, 0.4) is 0 Å². The van der Waals surface area contributed by atoms with E-state index in [2.05, 4.69) is 49.6 Å². The largest absolute Gasteiger partial charge is 0.390 e. The van der Waals surface area contributed by atoms with E-state index < -0.39 is 5.60 Å². The summed E-state index contributed by atoms with van der Waals surface area (Å²) < 4.78 is 5.43. The van der Waals surface area contributed by atoms with Crippen molar-refractivity contribution in [2.45, 2.75) is 85.2 Å². The number of rotatable bonds is 6. The summed E-state index contributed by atoms with van der Waals surface area (Å²) in [4.78, 5) is 0. The van der Waals surface area contributed by atoms with E-state index in [1.54, 1.807) is 0 Å². The van der Waals surface area contributed by atoms with Crippen molar-refractivity contribution >= 4 is 17.4 Å². The number of allylic oxidation sites excluding steroid dienone is 1. The van der Waals surface area contributed by atoms with E-state index in [9.17, 15) is 5.11 Å². The maximum atomic E-state index is 11.2. The van der Waals surface area contributed by atoms with Crippen molar-refractivity contribution in [3.05, 3.63) is 11.6 Å². The summed E-state index contributed by atoms with van der Waals surface area (Å²) in [7, 11) is 3.10. The van der Waals surface area contributed by atoms with Gasteiger partial charge < -0.3 is 9.63 Å². The lowest BCUT2D eigenvalue weighted by molar-refractivity contribution is -0.168. The van der Waals surface area contributed by atoms with Crippen LogP contribution in [-0.2, 0) is 4.52 Å². The zero-order chi connectivity index (χ0) is 18.0. The maximum Gasteiger partial charge on any atom is 0.0693 e. The molecule has 2 aliphatic carbocycles. The van der Waals surface area contributed by atoms with E-state index in [-0.39, 0.29) is 5.41 Å². The van der Waals surface area contributed by atoms with Gasteiger partial charge in [-0.25, -0.2) is 0 Å². The van der Waals surface area contributed by atoms with Crippen LogP contribution in [0.25, 0.3) is 0 Å². The predicted octanol–water partition coefficient (Wildman–Crippen LogP) is 6.11. The molecule has 6 atom stereocenters. The highest BCUT2D eigenvalue weighted by atomic mass is 32.0. The molecule has 2 fully saturated rings. The molecule has 0 saturated heterocycles. The van der Waals surface area contributed by atoms with Gasteiger partial charge in [0.15, 0.2) is 0 Å². The molecule has 1 N–H and O–H groups in total. The van der Waals surface area contributed by atoms with Gasteiger partial charge >= 0.3 is 0 Å². The van der Waals surface area contributed by atoms with Crippen molar-refractivity contribution in [2.24, 2.45) is 22.7 Å². The second-order valence-electron chi connectivity index (χ2n) is 9.37. The van der Waals surface area contributed by atoms with Gasteiger partial charge in [-0.1, -0.05) is 47.8 Å². The van der Waals surface area contributed by atoms with Crippen molar-refractivity contribution < 1.29 is 9.63 Å². The molecule has 2 saturated carbocycles. The molecular formula is C20H38O2P2. The molecule has 4 unspecified atom stereocenters. The van der Waals surface area contributed by atoms with Crippen LogP contribution >= 0.6 is 17.4 Å². The molecule has 0 amide bonds. The van der Waals surface area contributed by atoms with E-state index in [0.717, 1.165) is 25.2 Å². The van der Waals surface area contributed by atoms with Gasteiger partial charge in [-0.05, 0) is 75.0 Å². The van der Waals surface area contributed by atoms with Crippen LogP contribution in [-0.4, -0.2) is 17.3 Å². The average Bonchev–Trinajstić information content (AvgIpc) is 2.45. The molecule has 2 nitrogen and oxygen atoms in total. The van der Waals surface area contributed by atoms with Crippen LogP contribution < -0.4 is 0 Å². The summed E-state index contributed by atoms with van der Waals surface area (Å²) in [5, 5.41) is 11.2. The van der Waals surface area contributed by atoms with Gasteiger partial charge in [0.1, 0.15) is 0 Å². The lowest BCUT2D eigenvalue weighted by atomic mass is 9.45. The third kappa shape index (κ3) is 4.43. The van der Waals surface area contributed by atoms with Crippen molar-refractivity contribution in [2.75, 3.05) is 6.61 Å². The van der Waals surface area contributed by atoms with Gasteiger partial charge in [0.25, 0.3) is 0 Å². The number of hydrogen-bond donors (Lipinski definition) is 1. The minimum Gasteiger partial charge on any atom is -0.390 e. The Kier molecular flexibility index (Phi) is 6.98. The van der Waals surface area contributed by atoms with Crippen LogP contribution in [0, 0.1) is 22.7 Å². The molecule has 0 aliphatic heterocycles. The van der Waals surface area contributed by atoms with Crippen LogP contribution in [0.1, 0.15) is 79.6 Å². The minimum atomic E-state index is -0.517. The van der Waals surface area contributed by atoms with E-state index in [4.69, 9.17) is 4.52 Å². The highest BCUT2D eigenvalue weighted by Gasteiger charge is 2.57. The Bertz CT molecular complexity index is 459. The normalized spacial score (nSPS) is 40.0. The fourth-order valence-electron chi connectivity index (χ4n) is 5.97. The summed E-state index contributed by atoms with van der Waals surface area (Å²) in [5.41, 5.74) is 1.58. The van der Waals surface area contributed by atoms with E-state index in [1.807, 2.05) is 0 Å². The van der Waals surface area contributed by atoms with Crippen LogP contribution in [0.4, 0.5) is 0 Å². The minimum absolute atomic E-state index is 0.279. The molecule has 0 aromatic carbocycles. The number of hydrogen-bond acceptors (Lipinski definition) is 2. The molecule has 0 radical (unpaired) electrons. The van der Waals surface area contributed by atoms with Crippen LogP contribution in [0.2, 0.25) is 0 Å². The second-order valence-corrected chi connectivity index (χ2v) is 10.6. The Labute approximate surface area is 153 Å². The summed E-state index contributed by atoms with van der Waals surface area (Å²) in [6, 6.07) is 0. The van der Waals surface area contributed by atoms with E-state index in [1.165, 1.54) is 31.3 Å². The monoisotopic (exact) mass is 372 g/mol. The molecule has 0 spiro atoms. The average molecular weight is 372 g/mol. The third-order valence-electron chi connectivity index (χ3n) is 7.19. The second kappa shape index (κ2) is 8.04. The molecule has 0 aromatic heterocycles. The molecular weight excluding hydrogens is 334 g/mol. The summed E-state index contributed by atoms with van der Waals surface area (Å²) in [6.45, 7) is 12.4. The van der Waals surface area contributed by atoms with Gasteiger partial charge in [0, 0.05) is 8.50 Å². The van der Waals surface area contributed by atoms with Gasteiger partial charge in [0.05, 0.1) is 12.2 Å². The molecule has 24 heavy (non-hydrogen) atoms. The first-order chi connectivity index (χ1) is 11.1. The fourth-order valence-corrected chi connectivity index (χ4v) is 6.44. The first kappa shape index (κ1) is 20.8.